The Balaban J connectivity index is 2.21. The molecule has 0 saturated carbocycles. The third-order valence-corrected chi connectivity index (χ3v) is 3.47. The molecule has 0 fully saturated rings. The Morgan fingerprint density at radius 2 is 1.77 bits per heavy atom. The molecule has 0 N–H and O–H groups in total. The van der Waals surface area contributed by atoms with Crippen molar-refractivity contribution in [2.45, 2.75) is 13.5 Å². The third-order valence-electron chi connectivity index (χ3n) is 3.47. The van der Waals surface area contributed by atoms with E-state index in [1.165, 1.54) is 5.56 Å². The van der Waals surface area contributed by atoms with Gasteiger partial charge in [0.15, 0.2) is 0 Å². The van der Waals surface area contributed by atoms with Gasteiger partial charge in [-0.15, -0.1) is 0 Å². The van der Waals surface area contributed by atoms with Crippen molar-refractivity contribution >= 4 is 11.8 Å². The largest absolute Gasteiger partial charge is 0.519 e. The maximum atomic E-state index is 6.95. The van der Waals surface area contributed by atoms with Crippen molar-refractivity contribution in [3.8, 4) is 0 Å². The molecule has 2 aromatic carbocycles. The van der Waals surface area contributed by atoms with Gasteiger partial charge in [0.25, 0.3) is 0 Å². The van der Waals surface area contributed by atoms with Crippen LogP contribution in [0.25, 0.3) is 15.8 Å². The van der Waals surface area contributed by atoms with E-state index in [-0.39, 0.29) is 5.82 Å². The molecule has 0 atom stereocenters. The van der Waals surface area contributed by atoms with Crippen LogP contribution < -0.4 is 4.90 Å². The summed E-state index contributed by atoms with van der Waals surface area (Å²) < 4.78 is 0. The summed E-state index contributed by atoms with van der Waals surface area (Å²) in [4.78, 5) is 8.59. The number of nitrogens with zero attached hydrogens (tertiary/aromatic N) is 3. The van der Waals surface area contributed by atoms with Crippen molar-refractivity contribution in [3.05, 3.63) is 93.9 Å². The first-order valence-corrected chi connectivity index (χ1v) is 6.96. The van der Waals surface area contributed by atoms with Crippen LogP contribution in [0.3, 0.4) is 0 Å². The SMILES string of the molecule is [C-]#[N+]C(=Cc1ccc(N(C)Cc2ccccc2)cc1C)[N+]#[C-]. The minimum absolute atomic E-state index is 0.0912. The lowest BCUT2D eigenvalue weighted by Crippen LogP contribution is -2.16. The molecule has 3 nitrogen and oxygen atoms in total. The van der Waals surface area contributed by atoms with Crippen molar-refractivity contribution in [1.82, 2.24) is 0 Å². The van der Waals surface area contributed by atoms with E-state index in [9.17, 15) is 0 Å². The van der Waals surface area contributed by atoms with Gasteiger partial charge >= 0.3 is 5.82 Å². The summed E-state index contributed by atoms with van der Waals surface area (Å²) in [7, 11) is 2.06. The molecule has 0 spiro atoms. The zero-order valence-electron chi connectivity index (χ0n) is 12.7. The quantitative estimate of drug-likeness (QED) is 0.738. The van der Waals surface area contributed by atoms with E-state index >= 15 is 0 Å². The molecule has 0 saturated heterocycles. The molecule has 0 radical (unpaired) electrons. The number of aryl methyl sites for hydroxylation is 1. The number of benzene rings is 2. The number of hydrogen-bond acceptors (Lipinski definition) is 1. The first-order chi connectivity index (χ1) is 10.6. The number of hydrogen-bond donors (Lipinski definition) is 0. The van der Waals surface area contributed by atoms with Crippen LogP contribution >= 0.6 is 0 Å². The summed E-state index contributed by atoms with van der Waals surface area (Å²) in [6, 6.07) is 16.4. The van der Waals surface area contributed by atoms with Crippen molar-refractivity contribution in [2.75, 3.05) is 11.9 Å². The fourth-order valence-electron chi connectivity index (χ4n) is 2.24. The van der Waals surface area contributed by atoms with Crippen LogP contribution in [0.2, 0.25) is 0 Å². The Hall–Kier alpha value is -3.04. The highest BCUT2D eigenvalue weighted by Crippen LogP contribution is 2.22. The van der Waals surface area contributed by atoms with Gasteiger partial charge in [0, 0.05) is 25.4 Å². The molecule has 0 aliphatic heterocycles. The Kier molecular flexibility index (Phi) is 4.96. The number of rotatable bonds is 4. The Labute approximate surface area is 131 Å². The van der Waals surface area contributed by atoms with Gasteiger partial charge in [-0.2, -0.15) is 9.69 Å². The van der Waals surface area contributed by atoms with Crippen molar-refractivity contribution < 1.29 is 0 Å². The summed E-state index contributed by atoms with van der Waals surface area (Å²) >= 11 is 0. The zero-order valence-corrected chi connectivity index (χ0v) is 12.7. The average molecular weight is 287 g/mol. The Bertz CT molecular complexity index is 746. The van der Waals surface area contributed by atoms with Gasteiger partial charge in [-0.25, -0.2) is 0 Å². The van der Waals surface area contributed by atoms with Crippen LogP contribution in [-0.2, 0) is 6.54 Å². The molecule has 0 unspecified atom stereocenters. The molecule has 0 aliphatic carbocycles. The van der Waals surface area contributed by atoms with Crippen molar-refractivity contribution in [1.29, 1.82) is 0 Å². The van der Waals surface area contributed by atoms with Gasteiger partial charge in [0.1, 0.15) is 13.1 Å². The van der Waals surface area contributed by atoms with Crippen molar-refractivity contribution in [2.24, 2.45) is 0 Å². The highest BCUT2D eigenvalue weighted by atomic mass is 15.1. The standard InChI is InChI=1S/C19H17N3/c1-15-12-18(11-10-17(15)13-19(20-2)21-3)22(4)14-16-8-6-5-7-9-16/h5-13H,14H2,1,4H3. The molecule has 0 aromatic heterocycles. The minimum Gasteiger partial charge on any atom is -0.370 e. The lowest BCUT2D eigenvalue weighted by molar-refractivity contribution is 0.922. The predicted octanol–water partition coefficient (Wildman–Crippen LogP) is 4.77. The summed E-state index contributed by atoms with van der Waals surface area (Å²) in [5, 5.41) is 0. The smallest absolute Gasteiger partial charge is 0.370 e. The molecule has 2 aromatic rings. The van der Waals surface area contributed by atoms with Gasteiger partial charge < -0.3 is 4.90 Å². The van der Waals surface area contributed by atoms with Crippen LogP contribution in [0.4, 0.5) is 5.69 Å². The molecule has 0 bridgehead atoms. The Morgan fingerprint density at radius 1 is 1.09 bits per heavy atom. The first kappa shape index (κ1) is 15.4. The summed E-state index contributed by atoms with van der Waals surface area (Å²) in [5.74, 6) is 0.0912. The molecule has 108 valence electrons. The lowest BCUT2D eigenvalue weighted by atomic mass is 10.1. The first-order valence-electron chi connectivity index (χ1n) is 6.96. The third kappa shape index (κ3) is 3.75. The van der Waals surface area contributed by atoms with E-state index in [0.717, 1.165) is 23.4 Å². The summed E-state index contributed by atoms with van der Waals surface area (Å²) in [5.41, 5.74) is 4.35. The monoisotopic (exact) mass is 287 g/mol. The van der Waals surface area contributed by atoms with Crippen LogP contribution in [0.15, 0.2) is 54.4 Å². The summed E-state index contributed by atoms with van der Waals surface area (Å²) in [6.45, 7) is 16.7. The normalized spacial score (nSPS) is 9.45. The fraction of sp³-hybridized carbons (Fsp3) is 0.158. The molecule has 0 aliphatic rings. The molecular formula is C19H17N3. The van der Waals surface area contributed by atoms with Crippen molar-refractivity contribution in [3.63, 3.8) is 0 Å². The average Bonchev–Trinajstić information content (AvgIpc) is 2.54. The molecular weight excluding hydrogens is 270 g/mol. The van der Waals surface area contributed by atoms with E-state index in [1.54, 1.807) is 6.08 Å². The molecule has 0 amide bonds. The highest BCUT2D eigenvalue weighted by Gasteiger charge is 2.07. The second-order valence-corrected chi connectivity index (χ2v) is 5.11. The van der Waals surface area contributed by atoms with E-state index in [2.05, 4.69) is 39.8 Å². The van der Waals surface area contributed by atoms with Gasteiger partial charge in [-0.1, -0.05) is 36.4 Å². The lowest BCUT2D eigenvalue weighted by Gasteiger charge is -2.20. The highest BCUT2D eigenvalue weighted by molar-refractivity contribution is 5.63. The molecule has 2 rings (SSSR count). The fourth-order valence-corrected chi connectivity index (χ4v) is 2.24. The van der Waals surface area contributed by atoms with Gasteiger partial charge in [0.2, 0.25) is 0 Å². The second kappa shape index (κ2) is 7.11. The minimum atomic E-state index is 0.0912. The topological polar surface area (TPSA) is 12.0 Å². The molecule has 22 heavy (non-hydrogen) atoms. The van der Waals surface area contributed by atoms with Crippen LogP contribution in [-0.4, -0.2) is 7.05 Å². The van der Waals surface area contributed by atoms with E-state index in [0.29, 0.717) is 0 Å². The molecule has 3 heteroatoms. The van der Waals surface area contributed by atoms with Gasteiger partial charge in [0.05, 0.1) is 0 Å². The van der Waals surface area contributed by atoms with E-state index < -0.39 is 0 Å². The van der Waals surface area contributed by atoms with Gasteiger partial charge in [-0.3, -0.25) is 0 Å². The maximum absolute atomic E-state index is 6.95. The van der Waals surface area contributed by atoms with E-state index in [4.69, 9.17) is 13.1 Å². The second-order valence-electron chi connectivity index (χ2n) is 5.11. The van der Waals surface area contributed by atoms with Gasteiger partial charge in [-0.05, 0) is 35.7 Å². The zero-order chi connectivity index (χ0) is 15.9. The molecule has 0 heterocycles. The summed E-state index contributed by atoms with van der Waals surface area (Å²) in [6.07, 6.45) is 1.64. The van der Waals surface area contributed by atoms with Crippen LogP contribution in [0.1, 0.15) is 16.7 Å². The van der Waals surface area contributed by atoms with Crippen LogP contribution in [0, 0.1) is 20.1 Å². The Morgan fingerprint density at radius 3 is 2.36 bits per heavy atom. The number of anilines is 1. The van der Waals surface area contributed by atoms with Crippen LogP contribution in [0.5, 0.6) is 0 Å². The predicted molar refractivity (Wildman–Crippen MR) is 90.9 cm³/mol. The van der Waals surface area contributed by atoms with E-state index in [1.807, 2.05) is 37.3 Å². The maximum Gasteiger partial charge on any atom is 0.519 e.